The molecule has 1 fully saturated rings. The molecule has 1 N–H and O–H groups in total. The predicted molar refractivity (Wildman–Crippen MR) is 113 cm³/mol. The molecule has 150 valence electrons. The van der Waals surface area contributed by atoms with Crippen molar-refractivity contribution in [3.8, 4) is 5.75 Å². The highest BCUT2D eigenvalue weighted by molar-refractivity contribution is 7.92. The molecule has 3 aromatic rings. The first-order chi connectivity index (χ1) is 14.0. The summed E-state index contributed by atoms with van der Waals surface area (Å²) in [7, 11) is -2.41. The SMILES string of the molecule is COc1ccc(S(=O)(=O)Nc2cccc3ccccc23)cc1C(=O)N1CCCC1. The number of rotatable bonds is 5. The number of nitrogens with one attached hydrogen (secondary N) is 1. The zero-order valence-corrected chi connectivity index (χ0v) is 16.9. The van der Waals surface area contributed by atoms with E-state index in [4.69, 9.17) is 4.74 Å². The number of amides is 1. The number of carbonyl (C=O) groups is 1. The second-order valence-corrected chi connectivity index (χ2v) is 8.68. The van der Waals surface area contributed by atoms with Gasteiger partial charge in [-0.2, -0.15) is 0 Å². The van der Waals surface area contributed by atoms with Gasteiger partial charge in [-0.25, -0.2) is 8.42 Å². The third kappa shape index (κ3) is 3.78. The number of likely N-dealkylation sites (tertiary alicyclic amines) is 1. The van der Waals surface area contributed by atoms with Gasteiger partial charge in [0.2, 0.25) is 0 Å². The Kier molecular flexibility index (Phi) is 5.15. The lowest BCUT2D eigenvalue weighted by atomic mass is 10.1. The number of carbonyl (C=O) groups excluding carboxylic acids is 1. The van der Waals surface area contributed by atoms with Crippen molar-refractivity contribution in [1.82, 2.24) is 4.90 Å². The molecule has 0 radical (unpaired) electrons. The van der Waals surface area contributed by atoms with E-state index in [0.29, 0.717) is 24.5 Å². The maximum Gasteiger partial charge on any atom is 0.261 e. The van der Waals surface area contributed by atoms with Crippen molar-refractivity contribution in [2.75, 3.05) is 24.9 Å². The van der Waals surface area contributed by atoms with Crippen molar-refractivity contribution in [3.63, 3.8) is 0 Å². The fourth-order valence-electron chi connectivity index (χ4n) is 3.63. The minimum Gasteiger partial charge on any atom is -0.496 e. The van der Waals surface area contributed by atoms with Gasteiger partial charge in [-0.05, 0) is 42.5 Å². The second-order valence-electron chi connectivity index (χ2n) is 6.99. The molecule has 0 unspecified atom stereocenters. The number of fused-ring (bicyclic) bond motifs is 1. The molecule has 1 aliphatic rings. The Morgan fingerprint density at radius 1 is 1.00 bits per heavy atom. The summed E-state index contributed by atoms with van der Waals surface area (Å²) in [5, 5.41) is 1.74. The standard InChI is InChI=1S/C22H22N2O4S/c1-28-21-12-11-17(15-19(21)22(25)24-13-4-5-14-24)29(26,27)23-20-10-6-8-16-7-2-3-9-18(16)20/h2-3,6-12,15,23H,4-5,13-14H2,1H3. The minimum atomic E-state index is -3.89. The van der Waals surface area contributed by atoms with E-state index >= 15 is 0 Å². The Bertz CT molecular complexity index is 1160. The zero-order valence-electron chi connectivity index (χ0n) is 16.1. The first-order valence-corrected chi connectivity index (χ1v) is 11.0. The van der Waals surface area contributed by atoms with Crippen molar-refractivity contribution in [2.45, 2.75) is 17.7 Å². The third-order valence-electron chi connectivity index (χ3n) is 5.14. The number of anilines is 1. The Labute approximate surface area is 170 Å². The first kappa shape index (κ1) is 19.3. The highest BCUT2D eigenvalue weighted by Gasteiger charge is 2.25. The molecule has 0 saturated carbocycles. The molecule has 0 aliphatic carbocycles. The average Bonchev–Trinajstić information content (AvgIpc) is 3.28. The highest BCUT2D eigenvalue weighted by atomic mass is 32.2. The number of methoxy groups -OCH3 is 1. The van der Waals surface area contributed by atoms with Crippen molar-refractivity contribution >= 4 is 32.4 Å². The largest absolute Gasteiger partial charge is 0.496 e. The number of hydrogen-bond donors (Lipinski definition) is 1. The summed E-state index contributed by atoms with van der Waals surface area (Å²) < 4.78 is 34.1. The van der Waals surface area contributed by atoms with Crippen LogP contribution in [0.5, 0.6) is 5.75 Å². The van der Waals surface area contributed by atoms with Gasteiger partial charge in [-0.1, -0.05) is 36.4 Å². The lowest BCUT2D eigenvalue weighted by molar-refractivity contribution is 0.0789. The Balaban J connectivity index is 1.71. The van der Waals surface area contributed by atoms with E-state index in [1.165, 1.54) is 25.3 Å². The van der Waals surface area contributed by atoms with Crippen LogP contribution in [0.25, 0.3) is 10.8 Å². The van der Waals surface area contributed by atoms with Crippen LogP contribution >= 0.6 is 0 Å². The number of sulfonamides is 1. The van der Waals surface area contributed by atoms with Gasteiger partial charge in [0.1, 0.15) is 5.75 Å². The van der Waals surface area contributed by atoms with Gasteiger partial charge in [0, 0.05) is 18.5 Å². The molecular formula is C22H22N2O4S. The van der Waals surface area contributed by atoms with E-state index < -0.39 is 10.0 Å². The smallest absolute Gasteiger partial charge is 0.261 e. The normalized spacial score (nSPS) is 14.2. The summed E-state index contributed by atoms with van der Waals surface area (Å²) >= 11 is 0. The van der Waals surface area contributed by atoms with Crippen LogP contribution in [-0.4, -0.2) is 39.4 Å². The van der Waals surface area contributed by atoms with Crippen LogP contribution in [-0.2, 0) is 10.0 Å². The molecule has 1 heterocycles. The van der Waals surface area contributed by atoms with Crippen LogP contribution in [0.2, 0.25) is 0 Å². The summed E-state index contributed by atoms with van der Waals surface area (Å²) in [5.41, 5.74) is 0.751. The molecule has 29 heavy (non-hydrogen) atoms. The molecule has 1 saturated heterocycles. The molecule has 1 aliphatic heterocycles. The topological polar surface area (TPSA) is 75.7 Å². The van der Waals surface area contributed by atoms with Crippen LogP contribution in [0.1, 0.15) is 23.2 Å². The molecule has 6 nitrogen and oxygen atoms in total. The quantitative estimate of drug-likeness (QED) is 0.693. The summed E-state index contributed by atoms with van der Waals surface area (Å²) in [6, 6.07) is 17.4. The van der Waals surface area contributed by atoms with Crippen molar-refractivity contribution in [3.05, 3.63) is 66.2 Å². The van der Waals surface area contributed by atoms with Gasteiger partial charge >= 0.3 is 0 Å². The van der Waals surface area contributed by atoms with Crippen molar-refractivity contribution in [1.29, 1.82) is 0 Å². The molecule has 4 rings (SSSR count). The predicted octanol–water partition coefficient (Wildman–Crippen LogP) is 3.89. The summed E-state index contributed by atoms with van der Waals surface area (Å²) in [5.74, 6) is 0.160. The molecule has 7 heteroatoms. The Morgan fingerprint density at radius 3 is 2.48 bits per heavy atom. The lowest BCUT2D eigenvalue weighted by Gasteiger charge is -2.18. The summed E-state index contributed by atoms with van der Waals surface area (Å²) in [6.07, 6.45) is 1.91. The van der Waals surface area contributed by atoms with Gasteiger partial charge < -0.3 is 9.64 Å². The average molecular weight is 410 g/mol. The molecule has 3 aromatic carbocycles. The fraction of sp³-hybridized carbons (Fsp3) is 0.227. The lowest BCUT2D eigenvalue weighted by Crippen LogP contribution is -2.28. The molecule has 0 spiro atoms. The van der Waals surface area contributed by atoms with Gasteiger partial charge in [-0.3, -0.25) is 9.52 Å². The van der Waals surface area contributed by atoms with Gasteiger partial charge in [-0.15, -0.1) is 0 Å². The maximum atomic E-state index is 13.1. The Hall–Kier alpha value is -3.06. The Morgan fingerprint density at radius 2 is 1.72 bits per heavy atom. The van der Waals surface area contributed by atoms with E-state index in [1.54, 1.807) is 17.0 Å². The zero-order chi connectivity index (χ0) is 20.4. The number of ether oxygens (including phenoxy) is 1. The van der Waals surface area contributed by atoms with Crippen LogP contribution in [0, 0.1) is 0 Å². The van der Waals surface area contributed by atoms with Crippen LogP contribution in [0.3, 0.4) is 0 Å². The summed E-state index contributed by atoms with van der Waals surface area (Å²) in [4.78, 5) is 14.6. The molecule has 0 atom stereocenters. The molecule has 1 amide bonds. The highest BCUT2D eigenvalue weighted by Crippen LogP contribution is 2.29. The third-order valence-corrected chi connectivity index (χ3v) is 6.50. The van der Waals surface area contributed by atoms with Crippen LogP contribution in [0.15, 0.2) is 65.6 Å². The van der Waals surface area contributed by atoms with E-state index in [9.17, 15) is 13.2 Å². The minimum absolute atomic E-state index is 0.0220. The van der Waals surface area contributed by atoms with Gasteiger partial charge in [0.05, 0.1) is 23.3 Å². The molecular weight excluding hydrogens is 388 g/mol. The first-order valence-electron chi connectivity index (χ1n) is 9.47. The number of benzene rings is 3. The van der Waals surface area contributed by atoms with Gasteiger partial charge in [0.25, 0.3) is 15.9 Å². The van der Waals surface area contributed by atoms with Crippen molar-refractivity contribution < 1.29 is 17.9 Å². The van der Waals surface area contributed by atoms with E-state index in [2.05, 4.69) is 4.72 Å². The van der Waals surface area contributed by atoms with E-state index in [0.717, 1.165) is 23.6 Å². The van der Waals surface area contributed by atoms with E-state index in [1.807, 2.05) is 30.3 Å². The van der Waals surface area contributed by atoms with E-state index in [-0.39, 0.29) is 16.4 Å². The number of hydrogen-bond acceptors (Lipinski definition) is 4. The molecule has 0 bridgehead atoms. The summed E-state index contributed by atoms with van der Waals surface area (Å²) in [6.45, 7) is 1.35. The molecule has 0 aromatic heterocycles. The maximum absolute atomic E-state index is 13.1. The fourth-order valence-corrected chi connectivity index (χ4v) is 4.74. The monoisotopic (exact) mass is 410 g/mol. The van der Waals surface area contributed by atoms with Gasteiger partial charge in [0.15, 0.2) is 0 Å². The van der Waals surface area contributed by atoms with Crippen molar-refractivity contribution in [2.24, 2.45) is 0 Å². The second kappa shape index (κ2) is 7.75. The number of nitrogens with zero attached hydrogens (tertiary/aromatic N) is 1. The van der Waals surface area contributed by atoms with Crippen LogP contribution < -0.4 is 9.46 Å². The van der Waals surface area contributed by atoms with Crippen LogP contribution in [0.4, 0.5) is 5.69 Å².